The lowest BCUT2D eigenvalue weighted by atomic mass is 10.1. The lowest BCUT2D eigenvalue weighted by Gasteiger charge is -2.18. The molecular weight excluding hydrogens is 346 g/mol. The zero-order valence-electron chi connectivity index (χ0n) is 16.1. The van der Waals surface area contributed by atoms with Gasteiger partial charge in [-0.05, 0) is 30.5 Å². The summed E-state index contributed by atoms with van der Waals surface area (Å²) in [5.74, 6) is 2.48. The van der Waals surface area contributed by atoms with Gasteiger partial charge in [-0.3, -0.25) is 4.98 Å². The van der Waals surface area contributed by atoms with E-state index in [4.69, 9.17) is 9.97 Å². The Morgan fingerprint density at radius 2 is 1.54 bits per heavy atom. The molecule has 5 heteroatoms. The number of nitrogens with one attached hydrogen (secondary N) is 2. The van der Waals surface area contributed by atoms with Crippen molar-refractivity contribution in [3.63, 3.8) is 0 Å². The summed E-state index contributed by atoms with van der Waals surface area (Å²) in [6, 6.07) is 16.7. The van der Waals surface area contributed by atoms with Gasteiger partial charge in [-0.2, -0.15) is 0 Å². The van der Waals surface area contributed by atoms with Gasteiger partial charge in [0.25, 0.3) is 0 Å². The first kappa shape index (κ1) is 18.4. The van der Waals surface area contributed by atoms with Gasteiger partial charge in [0, 0.05) is 36.6 Å². The molecule has 1 fully saturated rings. The summed E-state index contributed by atoms with van der Waals surface area (Å²) >= 11 is 0. The molecule has 0 saturated heterocycles. The minimum atomic E-state index is 0.495. The van der Waals surface area contributed by atoms with Crippen molar-refractivity contribution in [3.05, 3.63) is 66.5 Å². The largest absolute Gasteiger partial charge is 0.367 e. The maximum atomic E-state index is 4.81. The Bertz CT molecular complexity index is 859. The lowest BCUT2D eigenvalue weighted by molar-refractivity contribution is 0.617. The molecule has 0 bridgehead atoms. The normalized spacial score (nSPS) is 15.0. The minimum absolute atomic E-state index is 0.495. The fraction of sp³-hybridized carbons (Fsp3) is 0.348. The fourth-order valence-electron chi connectivity index (χ4n) is 3.65. The van der Waals surface area contributed by atoms with E-state index in [1.807, 2.05) is 48.8 Å². The van der Waals surface area contributed by atoms with E-state index < -0.39 is 0 Å². The molecule has 4 rings (SSSR count). The lowest BCUT2D eigenvalue weighted by Crippen LogP contribution is -2.19. The highest BCUT2D eigenvalue weighted by molar-refractivity contribution is 5.61. The van der Waals surface area contributed by atoms with Gasteiger partial charge in [0.2, 0.25) is 0 Å². The van der Waals surface area contributed by atoms with E-state index in [1.54, 1.807) is 0 Å². The van der Waals surface area contributed by atoms with Crippen LogP contribution in [0.5, 0.6) is 0 Å². The summed E-state index contributed by atoms with van der Waals surface area (Å²) in [7, 11) is 0. The van der Waals surface area contributed by atoms with E-state index >= 15 is 0 Å². The van der Waals surface area contributed by atoms with Gasteiger partial charge in [0.05, 0.1) is 0 Å². The first-order valence-corrected chi connectivity index (χ1v) is 10.2. The summed E-state index contributed by atoms with van der Waals surface area (Å²) in [5.41, 5.74) is 2.20. The van der Waals surface area contributed by atoms with E-state index in [9.17, 15) is 0 Å². The number of hydrogen-bond donors (Lipinski definition) is 2. The molecule has 0 aliphatic heterocycles. The van der Waals surface area contributed by atoms with Crippen molar-refractivity contribution in [1.29, 1.82) is 0 Å². The van der Waals surface area contributed by atoms with Gasteiger partial charge in [-0.25, -0.2) is 9.97 Å². The molecule has 28 heavy (non-hydrogen) atoms. The molecule has 0 spiro atoms. The summed E-state index contributed by atoms with van der Waals surface area (Å²) < 4.78 is 0. The van der Waals surface area contributed by atoms with Gasteiger partial charge >= 0.3 is 0 Å². The SMILES string of the molecule is c1ccc(-c2nc(NCc3ccncc3)cc(NC3CCCCCC3)n2)cc1. The molecular formula is C23H27N5. The first-order chi connectivity index (χ1) is 13.9. The van der Waals surface area contributed by atoms with Crippen LogP contribution in [0.15, 0.2) is 60.9 Å². The second-order valence-electron chi connectivity index (χ2n) is 7.37. The molecule has 1 saturated carbocycles. The predicted octanol–water partition coefficient (Wildman–Crippen LogP) is 5.29. The van der Waals surface area contributed by atoms with Crippen molar-refractivity contribution in [3.8, 4) is 11.4 Å². The van der Waals surface area contributed by atoms with Crippen molar-refractivity contribution in [2.75, 3.05) is 10.6 Å². The molecule has 5 nitrogen and oxygen atoms in total. The molecule has 0 amide bonds. The number of hydrogen-bond acceptors (Lipinski definition) is 5. The summed E-state index contributed by atoms with van der Waals surface area (Å²) in [6.07, 6.45) is 11.3. The molecule has 0 unspecified atom stereocenters. The Morgan fingerprint density at radius 1 is 0.821 bits per heavy atom. The first-order valence-electron chi connectivity index (χ1n) is 10.2. The maximum Gasteiger partial charge on any atom is 0.163 e. The molecule has 1 aromatic carbocycles. The highest BCUT2D eigenvalue weighted by Gasteiger charge is 2.14. The molecule has 1 aliphatic rings. The van der Waals surface area contributed by atoms with Crippen LogP contribution in [0.25, 0.3) is 11.4 Å². The van der Waals surface area contributed by atoms with Crippen LogP contribution in [0.2, 0.25) is 0 Å². The Labute approximate surface area is 166 Å². The Kier molecular flexibility index (Phi) is 6.12. The quantitative estimate of drug-likeness (QED) is 0.575. The molecule has 1 aliphatic carbocycles. The molecule has 0 radical (unpaired) electrons. The minimum Gasteiger partial charge on any atom is -0.367 e. The Morgan fingerprint density at radius 3 is 2.29 bits per heavy atom. The zero-order chi connectivity index (χ0) is 19.0. The molecule has 144 valence electrons. The van der Waals surface area contributed by atoms with Crippen LogP contribution in [0.1, 0.15) is 44.1 Å². The van der Waals surface area contributed by atoms with Crippen LogP contribution in [-0.2, 0) is 6.54 Å². The molecule has 2 N–H and O–H groups in total. The highest BCUT2D eigenvalue weighted by Crippen LogP contribution is 2.24. The third-order valence-electron chi connectivity index (χ3n) is 5.19. The van der Waals surface area contributed by atoms with E-state index in [2.05, 4.69) is 27.8 Å². The van der Waals surface area contributed by atoms with Gasteiger partial charge < -0.3 is 10.6 Å². The van der Waals surface area contributed by atoms with Crippen molar-refractivity contribution in [2.45, 2.75) is 51.1 Å². The van der Waals surface area contributed by atoms with Crippen LogP contribution in [0.4, 0.5) is 11.6 Å². The van der Waals surface area contributed by atoms with Gasteiger partial charge in [-0.1, -0.05) is 56.0 Å². The van der Waals surface area contributed by atoms with Crippen molar-refractivity contribution in [2.24, 2.45) is 0 Å². The number of pyridine rings is 1. The van der Waals surface area contributed by atoms with Gasteiger partial charge in [0.1, 0.15) is 11.6 Å². The zero-order valence-corrected chi connectivity index (χ0v) is 16.1. The topological polar surface area (TPSA) is 62.7 Å². The van der Waals surface area contributed by atoms with Gasteiger partial charge in [-0.15, -0.1) is 0 Å². The average molecular weight is 374 g/mol. The van der Waals surface area contributed by atoms with Crippen molar-refractivity contribution < 1.29 is 0 Å². The Hall–Kier alpha value is -2.95. The van der Waals surface area contributed by atoms with E-state index in [1.165, 1.54) is 44.1 Å². The van der Waals surface area contributed by atoms with E-state index in [-0.39, 0.29) is 0 Å². The van der Waals surface area contributed by atoms with Crippen molar-refractivity contribution >= 4 is 11.6 Å². The monoisotopic (exact) mass is 373 g/mol. The molecule has 0 atom stereocenters. The summed E-state index contributed by atoms with van der Waals surface area (Å²) in [4.78, 5) is 13.6. The highest BCUT2D eigenvalue weighted by atomic mass is 15.1. The maximum absolute atomic E-state index is 4.81. The van der Waals surface area contributed by atoms with Crippen molar-refractivity contribution in [1.82, 2.24) is 15.0 Å². The standard InChI is InChI=1S/C23H27N5/c1-2-7-11-20(10-6-1)26-22-16-21(25-17-18-12-14-24-15-13-18)27-23(28-22)19-8-4-3-5-9-19/h3-5,8-9,12-16,20H,1-2,6-7,10-11,17H2,(H2,25,26,27,28). The van der Waals surface area contributed by atoms with E-state index in [0.29, 0.717) is 12.6 Å². The predicted molar refractivity (Wildman–Crippen MR) is 114 cm³/mol. The second kappa shape index (κ2) is 9.31. The average Bonchev–Trinajstić information content (AvgIpc) is 3.02. The number of nitrogens with zero attached hydrogens (tertiary/aromatic N) is 3. The number of anilines is 2. The van der Waals surface area contributed by atoms with Crippen LogP contribution >= 0.6 is 0 Å². The van der Waals surface area contributed by atoms with Crippen LogP contribution in [0, 0.1) is 0 Å². The smallest absolute Gasteiger partial charge is 0.163 e. The molecule has 2 heterocycles. The molecule has 3 aromatic rings. The summed E-state index contributed by atoms with van der Waals surface area (Å²) in [6.45, 7) is 0.705. The van der Waals surface area contributed by atoms with Crippen LogP contribution in [0.3, 0.4) is 0 Å². The third kappa shape index (κ3) is 5.06. The third-order valence-corrected chi connectivity index (χ3v) is 5.19. The second-order valence-corrected chi connectivity index (χ2v) is 7.37. The number of rotatable bonds is 6. The van der Waals surface area contributed by atoms with Crippen LogP contribution < -0.4 is 10.6 Å². The van der Waals surface area contributed by atoms with Gasteiger partial charge in [0.15, 0.2) is 5.82 Å². The van der Waals surface area contributed by atoms with E-state index in [0.717, 1.165) is 23.0 Å². The van der Waals surface area contributed by atoms with Crippen LogP contribution in [-0.4, -0.2) is 21.0 Å². The summed E-state index contributed by atoms with van der Waals surface area (Å²) in [5, 5.41) is 7.11. The number of benzene rings is 1. The fourth-order valence-corrected chi connectivity index (χ4v) is 3.65. The number of aromatic nitrogens is 3. The molecule has 2 aromatic heterocycles. The Balaban J connectivity index is 1.57.